The number of hydrogen-bond acceptors (Lipinski definition) is 8. The van der Waals surface area contributed by atoms with E-state index in [1.807, 2.05) is 20.8 Å². The van der Waals surface area contributed by atoms with E-state index in [0.717, 1.165) is 39.1 Å². The molecule has 2 unspecified atom stereocenters. The van der Waals surface area contributed by atoms with Crippen molar-refractivity contribution in [3.05, 3.63) is 29.8 Å². The van der Waals surface area contributed by atoms with Gasteiger partial charge in [0.25, 0.3) is 0 Å². The van der Waals surface area contributed by atoms with Crippen LogP contribution in [0.4, 0.5) is 4.79 Å². The van der Waals surface area contributed by atoms with Crippen molar-refractivity contribution in [2.45, 2.75) is 51.1 Å². The lowest BCUT2D eigenvalue weighted by atomic mass is 10.1. The van der Waals surface area contributed by atoms with Gasteiger partial charge in [-0.2, -0.15) is 5.26 Å². The van der Waals surface area contributed by atoms with Gasteiger partial charge in [-0.1, -0.05) is 0 Å². The molecule has 2 N–H and O–H groups in total. The first-order valence-electron chi connectivity index (χ1n) is 11.6. The van der Waals surface area contributed by atoms with Gasteiger partial charge in [-0.15, -0.1) is 0 Å². The zero-order valence-corrected chi connectivity index (χ0v) is 19.8. The number of ether oxygens (including phenoxy) is 3. The van der Waals surface area contributed by atoms with Crippen molar-refractivity contribution in [1.29, 1.82) is 5.26 Å². The number of hydrogen-bond donors (Lipinski definition) is 2. The largest absolute Gasteiger partial charge is 0.491 e. The highest BCUT2D eigenvalue weighted by Gasteiger charge is 2.35. The second-order valence-corrected chi connectivity index (χ2v) is 9.74. The number of nitrogens with zero attached hydrogens (tertiary/aromatic N) is 3. The van der Waals surface area contributed by atoms with Gasteiger partial charge < -0.3 is 24.6 Å². The molecule has 2 fully saturated rings. The van der Waals surface area contributed by atoms with Gasteiger partial charge in [-0.05, 0) is 51.5 Å². The number of nitriles is 1. The van der Waals surface area contributed by atoms with Crippen molar-refractivity contribution < 1.29 is 24.1 Å². The molecule has 2 bridgehead atoms. The predicted octanol–water partition coefficient (Wildman–Crippen LogP) is 1.60. The van der Waals surface area contributed by atoms with Crippen LogP contribution in [0.25, 0.3) is 0 Å². The van der Waals surface area contributed by atoms with E-state index in [0.29, 0.717) is 24.4 Å². The molecule has 33 heavy (non-hydrogen) atoms. The molecule has 0 aromatic heterocycles. The normalized spacial score (nSPS) is 22.3. The van der Waals surface area contributed by atoms with Crippen LogP contribution in [0.1, 0.15) is 32.8 Å². The minimum absolute atomic E-state index is 0.114. The van der Waals surface area contributed by atoms with Crippen molar-refractivity contribution in [1.82, 2.24) is 15.1 Å². The maximum absolute atomic E-state index is 11.7. The van der Waals surface area contributed by atoms with Crippen LogP contribution in [-0.4, -0.2) is 97.3 Å². The van der Waals surface area contributed by atoms with E-state index in [1.54, 1.807) is 24.3 Å². The summed E-state index contributed by atoms with van der Waals surface area (Å²) < 4.78 is 17.0. The van der Waals surface area contributed by atoms with E-state index in [4.69, 9.17) is 19.5 Å². The number of alkyl carbamates (subject to hydrolysis) is 1. The Labute approximate surface area is 196 Å². The third-order valence-corrected chi connectivity index (χ3v) is 5.45. The van der Waals surface area contributed by atoms with Crippen LogP contribution in [0.5, 0.6) is 5.75 Å². The third-order valence-electron chi connectivity index (χ3n) is 5.45. The van der Waals surface area contributed by atoms with E-state index in [9.17, 15) is 9.90 Å². The maximum Gasteiger partial charge on any atom is 0.407 e. The Kier molecular flexibility index (Phi) is 8.92. The molecule has 3 rings (SSSR count). The Morgan fingerprint density at radius 1 is 1.21 bits per heavy atom. The van der Waals surface area contributed by atoms with Gasteiger partial charge in [0.2, 0.25) is 0 Å². The van der Waals surface area contributed by atoms with Crippen LogP contribution in [0, 0.1) is 11.3 Å². The van der Waals surface area contributed by atoms with Crippen molar-refractivity contribution in [2.24, 2.45) is 0 Å². The van der Waals surface area contributed by atoms with E-state index in [-0.39, 0.29) is 24.9 Å². The van der Waals surface area contributed by atoms with Gasteiger partial charge in [0, 0.05) is 45.8 Å². The Morgan fingerprint density at radius 2 is 1.85 bits per heavy atom. The number of amides is 1. The molecule has 0 radical (unpaired) electrons. The van der Waals surface area contributed by atoms with Gasteiger partial charge in [0.15, 0.2) is 0 Å². The van der Waals surface area contributed by atoms with E-state index in [1.165, 1.54) is 0 Å². The number of fused-ring (bicyclic) bond motifs is 2. The highest BCUT2D eigenvalue weighted by molar-refractivity contribution is 5.67. The highest BCUT2D eigenvalue weighted by atomic mass is 16.6. The fourth-order valence-corrected chi connectivity index (χ4v) is 4.17. The fraction of sp³-hybridized carbons (Fsp3) is 0.667. The summed E-state index contributed by atoms with van der Waals surface area (Å²) in [6.45, 7) is 11.0. The summed E-state index contributed by atoms with van der Waals surface area (Å²) >= 11 is 0. The molecule has 2 heterocycles. The van der Waals surface area contributed by atoms with Gasteiger partial charge in [-0.25, -0.2) is 4.79 Å². The number of carbonyl (C=O) groups excluding carboxylic acids is 1. The highest BCUT2D eigenvalue weighted by Crippen LogP contribution is 2.20. The second-order valence-electron chi connectivity index (χ2n) is 9.74. The molecular formula is C24H36N4O5. The topological polar surface area (TPSA) is 107 Å². The zero-order valence-electron chi connectivity index (χ0n) is 19.8. The van der Waals surface area contributed by atoms with E-state index in [2.05, 4.69) is 21.2 Å². The summed E-state index contributed by atoms with van der Waals surface area (Å²) in [6.07, 6.45) is 0.104. The lowest BCUT2D eigenvalue weighted by Gasteiger charge is -2.46. The first-order chi connectivity index (χ1) is 15.7. The van der Waals surface area contributed by atoms with E-state index < -0.39 is 11.7 Å². The molecule has 2 saturated heterocycles. The SMILES string of the molecule is CC(C)(C)OC(=O)NCCCN1CC2CN(C[C@H](O)COc3ccc(C#N)cc3)CC(C1)O2. The maximum atomic E-state index is 11.7. The molecule has 1 aromatic carbocycles. The molecule has 3 atom stereocenters. The van der Waals surface area contributed by atoms with Crippen molar-refractivity contribution in [2.75, 3.05) is 52.4 Å². The van der Waals surface area contributed by atoms with Gasteiger partial charge in [0.05, 0.1) is 23.8 Å². The summed E-state index contributed by atoms with van der Waals surface area (Å²) in [6, 6.07) is 8.95. The standard InChI is InChI=1S/C24H36N4O5/c1-24(2,3)33-23(30)26-9-4-10-27-13-21-15-28(16-22(14-27)32-21)12-19(29)17-31-20-7-5-18(11-25)6-8-20/h5-8,19,21-22,29H,4,9-10,12-17H2,1-3H3,(H,26,30)/t19-,21?,22?/m0/s1. The molecule has 0 saturated carbocycles. The molecule has 2 aliphatic heterocycles. The van der Waals surface area contributed by atoms with Gasteiger partial charge >= 0.3 is 6.09 Å². The van der Waals surface area contributed by atoms with Crippen LogP contribution >= 0.6 is 0 Å². The summed E-state index contributed by atoms with van der Waals surface area (Å²) in [5.41, 5.74) is 0.0946. The first-order valence-corrected chi connectivity index (χ1v) is 11.6. The van der Waals surface area contributed by atoms with Crippen molar-refractivity contribution >= 4 is 6.09 Å². The summed E-state index contributed by atoms with van der Waals surface area (Å²) in [5, 5.41) is 22.1. The lowest BCUT2D eigenvalue weighted by Crippen LogP contribution is -2.60. The average Bonchev–Trinajstić information content (AvgIpc) is 2.74. The van der Waals surface area contributed by atoms with Crippen molar-refractivity contribution in [3.8, 4) is 11.8 Å². The summed E-state index contributed by atoms with van der Waals surface area (Å²) in [5.74, 6) is 0.642. The number of nitrogens with one attached hydrogen (secondary N) is 1. The molecule has 0 spiro atoms. The van der Waals surface area contributed by atoms with Crippen LogP contribution < -0.4 is 10.1 Å². The Morgan fingerprint density at radius 3 is 2.45 bits per heavy atom. The van der Waals surface area contributed by atoms with Crippen LogP contribution in [0.3, 0.4) is 0 Å². The third kappa shape index (κ3) is 8.82. The van der Waals surface area contributed by atoms with Crippen LogP contribution in [-0.2, 0) is 9.47 Å². The molecular weight excluding hydrogens is 424 g/mol. The lowest BCUT2D eigenvalue weighted by molar-refractivity contribution is -0.143. The van der Waals surface area contributed by atoms with E-state index >= 15 is 0 Å². The molecule has 0 aliphatic carbocycles. The van der Waals surface area contributed by atoms with Crippen LogP contribution in [0.15, 0.2) is 24.3 Å². The monoisotopic (exact) mass is 460 g/mol. The number of morpholine rings is 2. The smallest absolute Gasteiger partial charge is 0.407 e. The summed E-state index contributed by atoms with van der Waals surface area (Å²) in [4.78, 5) is 16.4. The fourth-order valence-electron chi connectivity index (χ4n) is 4.17. The molecule has 9 nitrogen and oxygen atoms in total. The number of benzene rings is 1. The quantitative estimate of drug-likeness (QED) is 0.535. The minimum Gasteiger partial charge on any atom is -0.491 e. The minimum atomic E-state index is -0.602. The number of carbonyl (C=O) groups is 1. The number of aliphatic hydroxyl groups is 1. The first kappa shape index (κ1) is 25.2. The average molecular weight is 461 g/mol. The molecule has 182 valence electrons. The summed E-state index contributed by atoms with van der Waals surface area (Å²) in [7, 11) is 0. The number of aliphatic hydroxyl groups excluding tert-OH is 1. The molecule has 2 aliphatic rings. The Balaban J connectivity index is 1.32. The molecule has 1 amide bonds. The van der Waals surface area contributed by atoms with Gasteiger partial charge in [0.1, 0.15) is 24.1 Å². The zero-order chi connectivity index (χ0) is 23.8. The molecule has 9 heteroatoms. The second kappa shape index (κ2) is 11.7. The predicted molar refractivity (Wildman–Crippen MR) is 123 cm³/mol. The number of β-amino-alcohol motifs (C(OH)–C–C–N with tert-alkyl or cyclic N) is 1. The van der Waals surface area contributed by atoms with Crippen LogP contribution in [0.2, 0.25) is 0 Å². The van der Waals surface area contributed by atoms with Crippen molar-refractivity contribution in [3.63, 3.8) is 0 Å². The Hall–Kier alpha value is -2.38. The Bertz CT molecular complexity index is 791. The van der Waals surface area contributed by atoms with Gasteiger partial charge in [-0.3, -0.25) is 9.80 Å². The molecule has 1 aromatic rings. The number of rotatable bonds is 9.